The maximum Gasteiger partial charge on any atom is 0.295 e. The van der Waals surface area contributed by atoms with E-state index in [2.05, 4.69) is 31.1 Å². The van der Waals surface area contributed by atoms with E-state index in [4.69, 9.17) is 10.2 Å². The molecule has 0 aliphatic rings. The summed E-state index contributed by atoms with van der Waals surface area (Å²) in [5.41, 5.74) is 7.95. The standard InChI is InChI=1S/C13H19N3O/c1-4-10(8(2)3)15-13-16-11-6-5-9(14)7-12(11)17-13/h5-8,10H,4,14H2,1-3H3,(H,15,16). The second kappa shape index (κ2) is 4.65. The summed E-state index contributed by atoms with van der Waals surface area (Å²) in [6.45, 7) is 6.52. The summed E-state index contributed by atoms with van der Waals surface area (Å²) < 4.78 is 5.63. The van der Waals surface area contributed by atoms with Gasteiger partial charge >= 0.3 is 0 Å². The van der Waals surface area contributed by atoms with Gasteiger partial charge in [0.25, 0.3) is 6.01 Å². The maximum atomic E-state index is 5.70. The van der Waals surface area contributed by atoms with Crippen LogP contribution in [0.5, 0.6) is 0 Å². The van der Waals surface area contributed by atoms with E-state index in [9.17, 15) is 0 Å². The Morgan fingerprint density at radius 3 is 2.82 bits per heavy atom. The van der Waals surface area contributed by atoms with Crippen molar-refractivity contribution in [3.05, 3.63) is 18.2 Å². The van der Waals surface area contributed by atoms with Crippen LogP contribution in [0.4, 0.5) is 11.7 Å². The molecule has 0 aliphatic heterocycles. The first kappa shape index (κ1) is 11.8. The molecule has 2 rings (SSSR count). The highest BCUT2D eigenvalue weighted by molar-refractivity contribution is 5.78. The molecule has 0 bridgehead atoms. The van der Waals surface area contributed by atoms with E-state index >= 15 is 0 Å². The van der Waals surface area contributed by atoms with Gasteiger partial charge in [0.2, 0.25) is 0 Å². The van der Waals surface area contributed by atoms with Crippen molar-refractivity contribution in [3.63, 3.8) is 0 Å². The predicted octanol–water partition coefficient (Wildman–Crippen LogP) is 3.26. The van der Waals surface area contributed by atoms with E-state index in [-0.39, 0.29) is 0 Å². The molecule has 1 aromatic carbocycles. The summed E-state index contributed by atoms with van der Waals surface area (Å²) in [4.78, 5) is 4.39. The van der Waals surface area contributed by atoms with E-state index in [1.807, 2.05) is 12.1 Å². The number of aromatic nitrogens is 1. The highest BCUT2D eigenvalue weighted by Gasteiger charge is 2.14. The van der Waals surface area contributed by atoms with Crippen LogP contribution in [0.3, 0.4) is 0 Å². The largest absolute Gasteiger partial charge is 0.423 e. The molecule has 0 fully saturated rings. The van der Waals surface area contributed by atoms with E-state index < -0.39 is 0 Å². The molecule has 2 aromatic rings. The Hall–Kier alpha value is -1.71. The van der Waals surface area contributed by atoms with Crippen molar-refractivity contribution in [2.45, 2.75) is 33.2 Å². The van der Waals surface area contributed by atoms with Crippen LogP contribution >= 0.6 is 0 Å². The number of oxazole rings is 1. The third-order valence-electron chi connectivity index (χ3n) is 2.97. The fourth-order valence-electron chi connectivity index (χ4n) is 1.90. The third-order valence-corrected chi connectivity index (χ3v) is 2.97. The first-order valence-corrected chi connectivity index (χ1v) is 6.02. The van der Waals surface area contributed by atoms with Gasteiger partial charge < -0.3 is 15.5 Å². The van der Waals surface area contributed by atoms with Gasteiger partial charge in [-0.25, -0.2) is 0 Å². The van der Waals surface area contributed by atoms with Crippen molar-refractivity contribution in [2.24, 2.45) is 5.92 Å². The van der Waals surface area contributed by atoms with Crippen molar-refractivity contribution in [3.8, 4) is 0 Å². The first-order chi connectivity index (χ1) is 8.10. The van der Waals surface area contributed by atoms with Crippen LogP contribution < -0.4 is 11.1 Å². The number of hydrogen-bond acceptors (Lipinski definition) is 4. The molecule has 4 nitrogen and oxygen atoms in total. The second-order valence-corrected chi connectivity index (χ2v) is 4.65. The molecule has 1 atom stereocenters. The number of rotatable bonds is 4. The molecule has 1 unspecified atom stereocenters. The van der Waals surface area contributed by atoms with Crippen LogP contribution in [0, 0.1) is 5.92 Å². The van der Waals surface area contributed by atoms with Gasteiger partial charge in [-0.05, 0) is 24.5 Å². The SMILES string of the molecule is CCC(Nc1nc2ccc(N)cc2o1)C(C)C. The Morgan fingerprint density at radius 1 is 1.41 bits per heavy atom. The van der Waals surface area contributed by atoms with Crippen LogP contribution in [0.25, 0.3) is 11.1 Å². The highest BCUT2D eigenvalue weighted by Crippen LogP contribution is 2.22. The molecular formula is C13H19N3O. The lowest BCUT2D eigenvalue weighted by Crippen LogP contribution is -2.24. The molecule has 1 heterocycles. The summed E-state index contributed by atoms with van der Waals surface area (Å²) >= 11 is 0. The number of anilines is 2. The zero-order chi connectivity index (χ0) is 12.4. The lowest BCUT2D eigenvalue weighted by molar-refractivity contribution is 0.489. The number of nitrogens with zero attached hydrogens (tertiary/aromatic N) is 1. The van der Waals surface area contributed by atoms with Gasteiger partial charge in [0.05, 0.1) is 0 Å². The summed E-state index contributed by atoms with van der Waals surface area (Å²) in [7, 11) is 0. The molecule has 4 heteroatoms. The van der Waals surface area contributed by atoms with Crippen molar-refractivity contribution in [1.29, 1.82) is 0 Å². The second-order valence-electron chi connectivity index (χ2n) is 4.65. The molecule has 1 aromatic heterocycles. The van der Waals surface area contributed by atoms with Crippen molar-refractivity contribution >= 4 is 22.8 Å². The van der Waals surface area contributed by atoms with Gasteiger partial charge in [-0.2, -0.15) is 4.98 Å². The summed E-state index contributed by atoms with van der Waals surface area (Å²) in [6, 6.07) is 6.44. The normalized spacial score (nSPS) is 13.2. The zero-order valence-corrected chi connectivity index (χ0v) is 10.5. The van der Waals surface area contributed by atoms with E-state index in [0.29, 0.717) is 23.7 Å². The molecule has 0 aliphatic carbocycles. The van der Waals surface area contributed by atoms with Gasteiger partial charge in [-0.3, -0.25) is 0 Å². The summed E-state index contributed by atoms with van der Waals surface area (Å²) in [5, 5.41) is 3.32. The molecule has 0 amide bonds. The van der Waals surface area contributed by atoms with Gasteiger partial charge in [0, 0.05) is 17.8 Å². The van der Waals surface area contributed by atoms with Crippen molar-refractivity contribution in [1.82, 2.24) is 4.98 Å². The quantitative estimate of drug-likeness (QED) is 0.795. The number of nitrogens with two attached hydrogens (primary N) is 1. The number of fused-ring (bicyclic) bond motifs is 1. The minimum atomic E-state index is 0.375. The number of nitrogen functional groups attached to an aromatic ring is 1. The highest BCUT2D eigenvalue weighted by atomic mass is 16.4. The summed E-state index contributed by atoms with van der Waals surface area (Å²) in [5.74, 6) is 0.542. The molecule has 92 valence electrons. The number of hydrogen-bond donors (Lipinski definition) is 2. The Bertz CT molecular complexity index is 504. The minimum Gasteiger partial charge on any atom is -0.423 e. The van der Waals surface area contributed by atoms with Gasteiger partial charge in [-0.1, -0.05) is 20.8 Å². The van der Waals surface area contributed by atoms with Crippen molar-refractivity contribution < 1.29 is 4.42 Å². The number of benzene rings is 1. The Morgan fingerprint density at radius 2 is 2.18 bits per heavy atom. The van der Waals surface area contributed by atoms with E-state index in [1.165, 1.54) is 0 Å². The monoisotopic (exact) mass is 233 g/mol. The third kappa shape index (κ3) is 2.52. The van der Waals surface area contributed by atoms with Crippen LogP contribution in [-0.4, -0.2) is 11.0 Å². The smallest absolute Gasteiger partial charge is 0.295 e. The molecular weight excluding hydrogens is 214 g/mol. The molecule has 17 heavy (non-hydrogen) atoms. The molecule has 0 saturated carbocycles. The molecule has 3 N–H and O–H groups in total. The Labute approximate surface area is 101 Å². The Balaban J connectivity index is 2.24. The number of nitrogens with one attached hydrogen (secondary N) is 1. The maximum absolute atomic E-state index is 5.70. The van der Waals surface area contributed by atoms with Crippen LogP contribution in [0.15, 0.2) is 22.6 Å². The van der Waals surface area contributed by atoms with E-state index in [1.54, 1.807) is 6.07 Å². The Kier molecular flexibility index (Phi) is 3.22. The van der Waals surface area contributed by atoms with Gasteiger partial charge in [-0.15, -0.1) is 0 Å². The summed E-state index contributed by atoms with van der Waals surface area (Å²) in [6.07, 6.45) is 1.04. The minimum absolute atomic E-state index is 0.375. The predicted molar refractivity (Wildman–Crippen MR) is 71.0 cm³/mol. The van der Waals surface area contributed by atoms with E-state index in [0.717, 1.165) is 17.5 Å². The van der Waals surface area contributed by atoms with Gasteiger partial charge in [0.15, 0.2) is 5.58 Å². The topological polar surface area (TPSA) is 64.1 Å². The average Bonchev–Trinajstić information content (AvgIpc) is 2.66. The lowest BCUT2D eigenvalue weighted by atomic mass is 10.0. The molecule has 0 saturated heterocycles. The van der Waals surface area contributed by atoms with Crippen molar-refractivity contribution in [2.75, 3.05) is 11.1 Å². The van der Waals surface area contributed by atoms with Crippen LogP contribution in [0.2, 0.25) is 0 Å². The zero-order valence-electron chi connectivity index (χ0n) is 10.5. The lowest BCUT2D eigenvalue weighted by Gasteiger charge is -2.18. The van der Waals surface area contributed by atoms with Crippen LogP contribution in [-0.2, 0) is 0 Å². The molecule has 0 radical (unpaired) electrons. The fraction of sp³-hybridized carbons (Fsp3) is 0.462. The molecule has 0 spiro atoms. The van der Waals surface area contributed by atoms with Gasteiger partial charge in [0.1, 0.15) is 5.52 Å². The average molecular weight is 233 g/mol. The van der Waals surface area contributed by atoms with Crippen LogP contribution in [0.1, 0.15) is 27.2 Å². The fourth-order valence-corrected chi connectivity index (χ4v) is 1.90. The first-order valence-electron chi connectivity index (χ1n) is 6.02.